The Kier molecular flexibility index (Phi) is 6.56. The molecule has 0 atom stereocenters. The van der Waals surface area contributed by atoms with Gasteiger partial charge in [-0.05, 0) is 66.2 Å². The van der Waals surface area contributed by atoms with E-state index in [1.807, 2.05) is 6.07 Å². The molecule has 0 saturated carbocycles. The molecule has 1 heterocycles. The van der Waals surface area contributed by atoms with Crippen LogP contribution in [0.5, 0.6) is 11.5 Å². The van der Waals surface area contributed by atoms with Gasteiger partial charge in [-0.15, -0.1) is 0 Å². The van der Waals surface area contributed by atoms with E-state index in [0.717, 1.165) is 15.9 Å². The van der Waals surface area contributed by atoms with E-state index in [0.29, 0.717) is 23.3 Å². The third-order valence-electron chi connectivity index (χ3n) is 4.67. The van der Waals surface area contributed by atoms with Crippen LogP contribution in [-0.4, -0.2) is 17.0 Å². The third kappa shape index (κ3) is 5.66. The number of nitrogens with zero attached hydrogens (tertiary/aromatic N) is 2. The molecule has 4 rings (SSSR count). The lowest BCUT2D eigenvalue weighted by Gasteiger charge is -2.10. The van der Waals surface area contributed by atoms with Crippen LogP contribution >= 0.6 is 15.9 Å². The Morgan fingerprint density at radius 1 is 1.09 bits per heavy atom. The maximum atomic E-state index is 12.8. The predicted octanol–water partition coefficient (Wildman–Crippen LogP) is 6.68. The van der Waals surface area contributed by atoms with Crippen molar-refractivity contribution in [1.82, 2.24) is 5.43 Å². The summed E-state index contributed by atoms with van der Waals surface area (Å²) in [6.07, 6.45) is -3.37. The van der Waals surface area contributed by atoms with Crippen LogP contribution in [0.2, 0.25) is 0 Å². The highest BCUT2D eigenvalue weighted by molar-refractivity contribution is 9.10. The fourth-order valence-electron chi connectivity index (χ4n) is 3.02. The zero-order chi connectivity index (χ0) is 25.2. The minimum absolute atomic E-state index is 0.0807. The number of nitro groups is 1. The molecule has 12 heteroatoms. The van der Waals surface area contributed by atoms with E-state index < -0.39 is 28.3 Å². The number of carbonyl (C=O) groups is 1. The highest BCUT2D eigenvalue weighted by atomic mass is 79.9. The molecule has 0 unspecified atom stereocenters. The predicted molar refractivity (Wildman–Crippen MR) is 124 cm³/mol. The van der Waals surface area contributed by atoms with Crippen LogP contribution in [-0.2, 0) is 6.18 Å². The van der Waals surface area contributed by atoms with Crippen molar-refractivity contribution in [2.75, 3.05) is 0 Å². The summed E-state index contributed by atoms with van der Waals surface area (Å²) in [5.74, 6) is -0.655. The lowest BCUT2D eigenvalue weighted by molar-refractivity contribution is -0.385. The number of hydrogen-bond donors (Lipinski definition) is 1. The zero-order valence-electron chi connectivity index (χ0n) is 17.4. The van der Waals surface area contributed by atoms with Gasteiger partial charge < -0.3 is 9.15 Å². The van der Waals surface area contributed by atoms with Crippen molar-refractivity contribution in [2.45, 2.75) is 6.18 Å². The third-order valence-corrected chi connectivity index (χ3v) is 5.17. The molecule has 0 aliphatic heterocycles. The Morgan fingerprint density at radius 2 is 1.83 bits per heavy atom. The van der Waals surface area contributed by atoms with Gasteiger partial charge >= 0.3 is 17.8 Å². The summed E-state index contributed by atoms with van der Waals surface area (Å²) < 4.78 is 50.2. The Hall–Kier alpha value is -4.19. The van der Waals surface area contributed by atoms with Gasteiger partial charge in [0.05, 0.1) is 16.7 Å². The van der Waals surface area contributed by atoms with Crippen molar-refractivity contribution in [3.8, 4) is 11.5 Å². The topological polar surface area (TPSA) is 107 Å². The minimum Gasteiger partial charge on any atom is -0.451 e. The van der Waals surface area contributed by atoms with Gasteiger partial charge in [0.2, 0.25) is 5.75 Å². The molecule has 178 valence electrons. The van der Waals surface area contributed by atoms with Gasteiger partial charge in [-0.1, -0.05) is 15.9 Å². The summed E-state index contributed by atoms with van der Waals surface area (Å²) >= 11 is 3.34. The average Bonchev–Trinajstić information content (AvgIpc) is 3.23. The van der Waals surface area contributed by atoms with Gasteiger partial charge in [-0.25, -0.2) is 5.43 Å². The number of nitrogens with one attached hydrogen (secondary N) is 1. The lowest BCUT2D eigenvalue weighted by atomic mass is 10.2. The van der Waals surface area contributed by atoms with Crippen molar-refractivity contribution in [1.29, 1.82) is 0 Å². The summed E-state index contributed by atoms with van der Waals surface area (Å²) in [6.45, 7) is 0. The van der Waals surface area contributed by atoms with Crippen molar-refractivity contribution in [3.05, 3.63) is 98.2 Å². The molecule has 35 heavy (non-hydrogen) atoms. The van der Waals surface area contributed by atoms with Crippen molar-refractivity contribution in [2.24, 2.45) is 5.10 Å². The lowest BCUT2D eigenvalue weighted by Crippen LogP contribution is -2.16. The van der Waals surface area contributed by atoms with E-state index in [4.69, 9.17) is 9.15 Å². The Bertz CT molecular complexity index is 1450. The van der Waals surface area contributed by atoms with Gasteiger partial charge in [0.25, 0.3) is 0 Å². The van der Waals surface area contributed by atoms with Gasteiger partial charge in [-0.2, -0.15) is 18.3 Å². The molecular weight excluding hydrogens is 535 g/mol. The van der Waals surface area contributed by atoms with Crippen LogP contribution in [0.1, 0.15) is 21.7 Å². The van der Waals surface area contributed by atoms with E-state index >= 15 is 0 Å². The average molecular weight is 548 g/mol. The maximum Gasteiger partial charge on any atom is 0.416 e. The molecule has 0 radical (unpaired) electrons. The first-order valence-electron chi connectivity index (χ1n) is 9.76. The summed E-state index contributed by atoms with van der Waals surface area (Å²) in [5, 5.41) is 15.8. The normalized spacial score (nSPS) is 11.7. The first-order valence-corrected chi connectivity index (χ1v) is 10.6. The number of hydrazone groups is 1. The monoisotopic (exact) mass is 547 g/mol. The van der Waals surface area contributed by atoms with Crippen molar-refractivity contribution < 1.29 is 32.0 Å². The number of benzene rings is 3. The van der Waals surface area contributed by atoms with E-state index in [1.54, 1.807) is 30.3 Å². The smallest absolute Gasteiger partial charge is 0.416 e. The molecular formula is C23H13BrF3N3O5. The summed E-state index contributed by atoms with van der Waals surface area (Å²) in [5.41, 5.74) is 1.47. The first kappa shape index (κ1) is 24.0. The SMILES string of the molecule is O=C(N/N=C\c1ccc(Oc2ccc(C(F)(F)F)cc2[N+](=O)[O-])cc1)c1cc2cc(Br)ccc2o1. The highest BCUT2D eigenvalue weighted by Gasteiger charge is 2.33. The number of nitro benzene ring substituents is 1. The van der Waals surface area contributed by atoms with Gasteiger partial charge in [-0.3, -0.25) is 14.9 Å². The molecule has 8 nitrogen and oxygen atoms in total. The molecule has 4 aromatic rings. The molecule has 1 aromatic heterocycles. The molecule has 0 fully saturated rings. The minimum atomic E-state index is -4.72. The fourth-order valence-corrected chi connectivity index (χ4v) is 3.40. The Morgan fingerprint density at radius 3 is 2.51 bits per heavy atom. The van der Waals surface area contributed by atoms with Crippen LogP contribution in [0.15, 0.2) is 80.7 Å². The van der Waals surface area contributed by atoms with E-state index in [9.17, 15) is 28.1 Å². The summed E-state index contributed by atoms with van der Waals surface area (Å²) in [6, 6.07) is 14.9. The molecule has 0 aliphatic rings. The van der Waals surface area contributed by atoms with Crippen LogP contribution in [0.3, 0.4) is 0 Å². The van der Waals surface area contributed by atoms with Gasteiger partial charge in [0.15, 0.2) is 5.76 Å². The Labute approximate surface area is 203 Å². The standard InChI is InChI=1S/C23H13BrF3N3O5/c24-16-4-8-19-14(9-16)10-21(35-19)22(31)29-28-12-13-1-5-17(6-2-13)34-20-7-3-15(23(25,26)27)11-18(20)30(32)33/h1-12H,(H,29,31)/b28-12-. The van der Waals surface area contributed by atoms with Crippen LogP contribution in [0, 0.1) is 10.1 Å². The molecule has 3 aromatic carbocycles. The van der Waals surface area contributed by atoms with Crippen molar-refractivity contribution in [3.63, 3.8) is 0 Å². The molecule has 0 bridgehead atoms. The summed E-state index contributed by atoms with van der Waals surface area (Å²) in [7, 11) is 0. The first-order chi connectivity index (χ1) is 16.6. The van der Waals surface area contributed by atoms with Crippen LogP contribution in [0.25, 0.3) is 11.0 Å². The van der Waals surface area contributed by atoms with E-state index in [1.165, 1.54) is 18.3 Å². The maximum absolute atomic E-state index is 12.8. The molecule has 0 aliphatic carbocycles. The van der Waals surface area contributed by atoms with Crippen LogP contribution < -0.4 is 10.2 Å². The van der Waals surface area contributed by atoms with Crippen molar-refractivity contribution >= 4 is 44.7 Å². The Balaban J connectivity index is 1.41. The van der Waals surface area contributed by atoms with Gasteiger partial charge in [0, 0.05) is 15.9 Å². The zero-order valence-corrected chi connectivity index (χ0v) is 19.0. The number of alkyl halides is 3. The molecule has 1 N–H and O–H groups in total. The van der Waals surface area contributed by atoms with Gasteiger partial charge in [0.1, 0.15) is 11.3 Å². The fraction of sp³-hybridized carbons (Fsp3) is 0.0435. The largest absolute Gasteiger partial charge is 0.451 e. The molecule has 1 amide bonds. The number of ether oxygens (including phenoxy) is 1. The number of amides is 1. The summed E-state index contributed by atoms with van der Waals surface area (Å²) in [4.78, 5) is 22.5. The quantitative estimate of drug-likeness (QED) is 0.164. The second kappa shape index (κ2) is 9.58. The number of rotatable bonds is 6. The molecule has 0 saturated heterocycles. The van der Waals surface area contributed by atoms with Crippen LogP contribution in [0.4, 0.5) is 18.9 Å². The number of furan rings is 1. The number of halogens is 4. The number of carbonyl (C=O) groups excluding carboxylic acids is 1. The number of fused-ring (bicyclic) bond motifs is 1. The van der Waals surface area contributed by atoms with E-state index in [-0.39, 0.29) is 17.3 Å². The highest BCUT2D eigenvalue weighted by Crippen LogP contribution is 2.37. The second-order valence-corrected chi connectivity index (χ2v) is 8.02. The number of hydrogen-bond acceptors (Lipinski definition) is 6. The van der Waals surface area contributed by atoms with E-state index in [2.05, 4.69) is 26.5 Å². The molecule has 0 spiro atoms. The second-order valence-electron chi connectivity index (χ2n) is 7.10.